The van der Waals surface area contributed by atoms with Crippen LogP contribution in [0.5, 0.6) is 0 Å². The third-order valence-electron chi connectivity index (χ3n) is 2.99. The fourth-order valence-corrected chi connectivity index (χ4v) is 2.06. The maximum absolute atomic E-state index is 2.35. The first-order valence-electron chi connectivity index (χ1n) is 4.47. The van der Waals surface area contributed by atoms with E-state index in [1.54, 1.807) is 22.3 Å². The lowest BCUT2D eigenvalue weighted by molar-refractivity contribution is 1.60. The Kier molecular flexibility index (Phi) is 0.637. The summed E-state index contributed by atoms with van der Waals surface area (Å²) in [4.78, 5) is 0. The maximum Gasteiger partial charge on any atom is -0.00196 e. The molecule has 0 atom stereocenters. The largest absolute Gasteiger partial charge is 0.0505 e. The topological polar surface area (TPSA) is 0 Å². The Morgan fingerprint density at radius 2 is 0.917 bits per heavy atom. The normalized spacial score (nSPS) is 15.7. The van der Waals surface area contributed by atoms with E-state index in [1.165, 1.54) is 23.6 Å². The van der Waals surface area contributed by atoms with Crippen LogP contribution in [0.25, 0.3) is 10.8 Å². The molecular weight excluding hydrogens is 144 g/mol. The van der Waals surface area contributed by atoms with Gasteiger partial charge in [-0.2, -0.15) is 0 Å². The average Bonchev–Trinajstić information content (AvgIpc) is 2.88. The molecule has 12 heavy (non-hydrogen) atoms. The van der Waals surface area contributed by atoms with Gasteiger partial charge in [-0.25, -0.2) is 0 Å². The van der Waals surface area contributed by atoms with E-state index in [2.05, 4.69) is 24.3 Å². The molecule has 0 N–H and O–H groups in total. The van der Waals surface area contributed by atoms with Crippen molar-refractivity contribution in [2.45, 2.75) is 12.8 Å². The van der Waals surface area contributed by atoms with Gasteiger partial charge in [-0.3, -0.25) is 0 Å². The molecule has 0 heteroatoms. The number of hydrogen-bond donors (Lipinski definition) is 0. The predicted molar refractivity (Wildman–Crippen MR) is 49.6 cm³/mol. The minimum atomic E-state index is 1.24. The van der Waals surface area contributed by atoms with Crippen LogP contribution in [0.15, 0.2) is 24.3 Å². The number of fused-ring (bicyclic) bond motifs is 3. The monoisotopic (exact) mass is 152 g/mol. The summed E-state index contributed by atoms with van der Waals surface area (Å²) in [6.07, 6.45) is 2.47. The van der Waals surface area contributed by atoms with Gasteiger partial charge in [0, 0.05) is 0 Å². The third-order valence-corrected chi connectivity index (χ3v) is 2.99. The lowest BCUT2D eigenvalue weighted by Gasteiger charge is -1.91. The van der Waals surface area contributed by atoms with E-state index in [9.17, 15) is 0 Å². The van der Waals surface area contributed by atoms with Crippen molar-refractivity contribution in [3.8, 4) is 0 Å². The van der Waals surface area contributed by atoms with Gasteiger partial charge in [-0.05, 0) is 45.9 Å². The standard InChI is InChI=1S/C12H8/c1-7-5-8(7)3-12-4-10-6-9(10)2-11(1)12/h1-4H,5-6H2. The maximum atomic E-state index is 2.35. The van der Waals surface area contributed by atoms with Crippen molar-refractivity contribution < 1.29 is 0 Å². The van der Waals surface area contributed by atoms with E-state index in [4.69, 9.17) is 0 Å². The second-order valence-electron chi connectivity index (χ2n) is 3.94. The Balaban J connectivity index is 2.26. The van der Waals surface area contributed by atoms with Gasteiger partial charge in [0.25, 0.3) is 0 Å². The molecule has 0 spiro atoms. The molecule has 0 aliphatic heterocycles. The SMILES string of the molecule is c1c2c(cc3cc4c(cc13)C4)C2. The Hall–Kier alpha value is -1.30. The molecule has 2 aliphatic rings. The molecule has 0 saturated heterocycles. The number of rotatable bonds is 0. The first-order chi connectivity index (χ1) is 5.90. The summed E-state index contributed by atoms with van der Waals surface area (Å²) in [5.41, 5.74) is 6.23. The zero-order chi connectivity index (χ0) is 7.71. The molecule has 56 valence electrons. The predicted octanol–water partition coefficient (Wildman–Crippen LogP) is 2.65. The van der Waals surface area contributed by atoms with E-state index >= 15 is 0 Å². The van der Waals surface area contributed by atoms with Crippen LogP contribution in [0, 0.1) is 0 Å². The quantitative estimate of drug-likeness (QED) is 0.363. The molecule has 2 aromatic rings. The van der Waals surface area contributed by atoms with Crippen molar-refractivity contribution in [2.75, 3.05) is 0 Å². The van der Waals surface area contributed by atoms with E-state index < -0.39 is 0 Å². The van der Waals surface area contributed by atoms with Gasteiger partial charge in [-0.1, -0.05) is 24.3 Å². The smallest absolute Gasteiger partial charge is 0.00196 e. The summed E-state index contributed by atoms with van der Waals surface area (Å²) in [6, 6.07) is 9.40. The average molecular weight is 152 g/mol. The van der Waals surface area contributed by atoms with Crippen molar-refractivity contribution in [3.05, 3.63) is 46.5 Å². The Labute approximate surface area is 70.8 Å². The highest BCUT2D eigenvalue weighted by Crippen LogP contribution is 2.37. The van der Waals surface area contributed by atoms with Crippen LogP contribution >= 0.6 is 0 Å². The first-order valence-corrected chi connectivity index (χ1v) is 4.47. The highest BCUT2D eigenvalue weighted by atomic mass is 14.2. The molecule has 2 aromatic carbocycles. The minimum absolute atomic E-state index is 1.24. The molecule has 0 bridgehead atoms. The van der Waals surface area contributed by atoms with Gasteiger partial charge < -0.3 is 0 Å². The highest BCUT2D eigenvalue weighted by Gasteiger charge is 2.21. The molecule has 0 aromatic heterocycles. The fourth-order valence-electron chi connectivity index (χ4n) is 2.06. The number of hydrogen-bond acceptors (Lipinski definition) is 0. The number of benzene rings is 2. The summed E-state index contributed by atoms with van der Waals surface area (Å²) in [6.45, 7) is 0. The molecule has 2 aliphatic carbocycles. The van der Waals surface area contributed by atoms with Gasteiger partial charge in [0.2, 0.25) is 0 Å². The van der Waals surface area contributed by atoms with Crippen molar-refractivity contribution >= 4 is 10.8 Å². The van der Waals surface area contributed by atoms with E-state index in [0.29, 0.717) is 0 Å². The first kappa shape index (κ1) is 5.36. The van der Waals surface area contributed by atoms with Gasteiger partial charge in [0.05, 0.1) is 0 Å². The van der Waals surface area contributed by atoms with Crippen LogP contribution in [0.4, 0.5) is 0 Å². The zero-order valence-corrected chi connectivity index (χ0v) is 6.72. The van der Waals surface area contributed by atoms with Crippen LogP contribution < -0.4 is 0 Å². The van der Waals surface area contributed by atoms with Crippen molar-refractivity contribution in [1.82, 2.24) is 0 Å². The Morgan fingerprint density at radius 1 is 0.583 bits per heavy atom. The van der Waals surface area contributed by atoms with Crippen LogP contribution in [-0.2, 0) is 12.8 Å². The molecule has 0 heterocycles. The van der Waals surface area contributed by atoms with Gasteiger partial charge in [0.1, 0.15) is 0 Å². The summed E-state index contributed by atoms with van der Waals surface area (Å²) in [7, 11) is 0. The lowest BCUT2D eigenvalue weighted by Crippen LogP contribution is -1.67. The second-order valence-corrected chi connectivity index (χ2v) is 3.94. The molecular formula is C12H8. The molecule has 0 saturated carbocycles. The molecule has 0 unspecified atom stereocenters. The van der Waals surface area contributed by atoms with Gasteiger partial charge >= 0.3 is 0 Å². The van der Waals surface area contributed by atoms with Crippen molar-refractivity contribution in [1.29, 1.82) is 0 Å². The molecule has 0 radical (unpaired) electrons. The van der Waals surface area contributed by atoms with Crippen LogP contribution in [0.1, 0.15) is 22.3 Å². The zero-order valence-electron chi connectivity index (χ0n) is 6.72. The summed E-state index contributed by atoms with van der Waals surface area (Å²) in [5, 5.41) is 2.89. The lowest BCUT2D eigenvalue weighted by atomic mass is 10.1. The Bertz CT molecular complexity index is 430. The summed E-state index contributed by atoms with van der Waals surface area (Å²) >= 11 is 0. The summed E-state index contributed by atoms with van der Waals surface area (Å²) in [5.74, 6) is 0. The third kappa shape index (κ3) is 0.547. The van der Waals surface area contributed by atoms with Crippen LogP contribution in [0.3, 0.4) is 0 Å². The minimum Gasteiger partial charge on any atom is -0.0505 e. The van der Waals surface area contributed by atoms with Crippen molar-refractivity contribution in [3.63, 3.8) is 0 Å². The molecule has 0 nitrogen and oxygen atoms in total. The van der Waals surface area contributed by atoms with E-state index in [0.717, 1.165) is 0 Å². The van der Waals surface area contributed by atoms with Crippen molar-refractivity contribution in [2.24, 2.45) is 0 Å². The van der Waals surface area contributed by atoms with E-state index in [1.807, 2.05) is 0 Å². The van der Waals surface area contributed by atoms with Gasteiger partial charge in [-0.15, -0.1) is 0 Å². The highest BCUT2D eigenvalue weighted by molar-refractivity contribution is 5.89. The summed E-state index contributed by atoms with van der Waals surface area (Å²) < 4.78 is 0. The van der Waals surface area contributed by atoms with Crippen LogP contribution in [-0.4, -0.2) is 0 Å². The fraction of sp³-hybridized carbons (Fsp3) is 0.167. The van der Waals surface area contributed by atoms with Gasteiger partial charge in [0.15, 0.2) is 0 Å². The van der Waals surface area contributed by atoms with E-state index in [-0.39, 0.29) is 0 Å². The molecule has 0 fully saturated rings. The molecule has 4 rings (SSSR count). The van der Waals surface area contributed by atoms with Crippen LogP contribution in [0.2, 0.25) is 0 Å². The second kappa shape index (κ2) is 1.42. The molecule has 0 amide bonds. The Morgan fingerprint density at radius 3 is 1.25 bits per heavy atom.